The van der Waals surface area contributed by atoms with Gasteiger partial charge in [0.2, 0.25) is 0 Å². The van der Waals surface area contributed by atoms with Crippen LogP contribution in [0.3, 0.4) is 0 Å². The summed E-state index contributed by atoms with van der Waals surface area (Å²) < 4.78 is 3.96. The Hall–Kier alpha value is -1.49. The maximum absolute atomic E-state index is 4.13. The molecule has 3 rings (SSSR count). The molecule has 3 aromatic rings. The van der Waals surface area contributed by atoms with Crippen molar-refractivity contribution in [1.82, 2.24) is 19.6 Å². The molecule has 0 saturated heterocycles. The maximum Gasteiger partial charge on any atom is 0.131 e. The molecule has 0 aliphatic rings. The third-order valence-electron chi connectivity index (χ3n) is 1.79. The molecule has 0 bridgehead atoms. The fourth-order valence-electron chi connectivity index (χ4n) is 1.24. The first kappa shape index (κ1) is 6.07. The van der Waals surface area contributed by atoms with Crippen molar-refractivity contribution < 1.29 is 0 Å². The zero-order valence-corrected chi connectivity index (χ0v) is 6.80. The topological polar surface area (TPSA) is 54.5 Å². The van der Waals surface area contributed by atoms with E-state index in [0.717, 1.165) is 21.3 Å². The van der Waals surface area contributed by atoms with E-state index in [1.54, 1.807) is 6.33 Å². The van der Waals surface area contributed by atoms with Gasteiger partial charge in [0, 0.05) is 0 Å². The predicted molar refractivity (Wildman–Crippen MR) is 47.1 cm³/mol. The molecule has 1 N–H and O–H groups in total. The quantitative estimate of drug-likeness (QED) is 0.565. The molecule has 0 aliphatic carbocycles. The summed E-state index contributed by atoms with van der Waals surface area (Å²) in [6, 6.07) is 3.96. The molecule has 5 heteroatoms. The van der Waals surface area contributed by atoms with Gasteiger partial charge in [0.1, 0.15) is 17.4 Å². The molecule has 0 amide bonds. The van der Waals surface area contributed by atoms with E-state index in [0.29, 0.717) is 0 Å². The highest BCUT2D eigenvalue weighted by molar-refractivity contribution is 7.13. The van der Waals surface area contributed by atoms with Crippen molar-refractivity contribution in [3.63, 3.8) is 0 Å². The Morgan fingerprint density at radius 2 is 2.17 bits per heavy atom. The number of hydrogen-bond donors (Lipinski definition) is 1. The van der Waals surface area contributed by atoms with Gasteiger partial charge in [-0.05, 0) is 23.7 Å². The molecule has 0 spiro atoms. The molecule has 0 saturated carbocycles. The average molecular weight is 176 g/mol. The third-order valence-corrected chi connectivity index (χ3v) is 2.52. The Morgan fingerprint density at radius 1 is 1.17 bits per heavy atom. The molecule has 1 aromatic carbocycles. The molecule has 0 fully saturated rings. The molecular weight excluding hydrogens is 172 g/mol. The van der Waals surface area contributed by atoms with E-state index in [4.69, 9.17) is 0 Å². The van der Waals surface area contributed by atoms with Crippen LogP contribution in [0.25, 0.3) is 21.3 Å². The highest BCUT2D eigenvalue weighted by atomic mass is 32.1. The van der Waals surface area contributed by atoms with Crippen LogP contribution in [0.15, 0.2) is 18.5 Å². The van der Waals surface area contributed by atoms with Crippen LogP contribution < -0.4 is 0 Å². The van der Waals surface area contributed by atoms with Crippen LogP contribution in [-0.4, -0.2) is 19.6 Å². The molecule has 0 aliphatic heterocycles. The Bertz CT molecular complexity index is 489. The van der Waals surface area contributed by atoms with Gasteiger partial charge in [-0.2, -0.15) is 5.10 Å². The minimum absolute atomic E-state index is 0.880. The molecule has 0 atom stereocenters. The molecule has 0 unspecified atom stereocenters. The van der Waals surface area contributed by atoms with Gasteiger partial charge in [-0.15, -0.1) is 0 Å². The summed E-state index contributed by atoms with van der Waals surface area (Å²) in [4.78, 5) is 8.22. The Kier molecular flexibility index (Phi) is 1.02. The van der Waals surface area contributed by atoms with Gasteiger partial charge in [0.05, 0.1) is 10.2 Å². The fraction of sp³-hybridized carbons (Fsp3) is 0. The number of imidazole rings is 1. The number of rotatable bonds is 0. The summed E-state index contributed by atoms with van der Waals surface area (Å²) in [6.07, 6.45) is 1.56. The lowest BCUT2D eigenvalue weighted by molar-refractivity contribution is 1.20. The number of fused-ring (bicyclic) bond motifs is 3. The van der Waals surface area contributed by atoms with Gasteiger partial charge < -0.3 is 0 Å². The number of aromatic amines is 1. The van der Waals surface area contributed by atoms with E-state index >= 15 is 0 Å². The van der Waals surface area contributed by atoms with Crippen LogP contribution >= 0.6 is 11.5 Å². The minimum atomic E-state index is 0.880. The number of H-pyrrole nitrogens is 1. The summed E-state index contributed by atoms with van der Waals surface area (Å²) in [5.41, 5.74) is 2.70. The largest absolute Gasteiger partial charge is 0.235 e. The van der Waals surface area contributed by atoms with Crippen LogP contribution in [0.2, 0.25) is 0 Å². The van der Waals surface area contributed by atoms with Gasteiger partial charge in [-0.3, -0.25) is 0 Å². The number of aromatic nitrogens is 4. The van der Waals surface area contributed by atoms with Crippen molar-refractivity contribution in [3.05, 3.63) is 18.5 Å². The van der Waals surface area contributed by atoms with Crippen molar-refractivity contribution in [2.24, 2.45) is 0 Å². The number of nitrogens with one attached hydrogen (secondary N) is 1. The standard InChI is InChI=1S/C7H4N4S/c1-2-5-7(10-11-12-5)6-4(1)8-3-9-6/h1-3,11H. The molecular formula is C7H4N4S. The lowest BCUT2D eigenvalue weighted by atomic mass is 10.3. The Balaban J connectivity index is 2.71. The normalized spacial score (nSPS) is 11.3. The van der Waals surface area contributed by atoms with E-state index in [1.165, 1.54) is 11.5 Å². The van der Waals surface area contributed by atoms with E-state index in [-0.39, 0.29) is 0 Å². The van der Waals surface area contributed by atoms with E-state index in [1.807, 2.05) is 12.1 Å². The summed E-state index contributed by atoms with van der Waals surface area (Å²) in [6.45, 7) is 0. The first-order chi connectivity index (χ1) is 5.95. The van der Waals surface area contributed by atoms with Crippen molar-refractivity contribution in [2.45, 2.75) is 0 Å². The highest BCUT2D eigenvalue weighted by Crippen LogP contribution is 2.22. The van der Waals surface area contributed by atoms with Gasteiger partial charge in [-0.25, -0.2) is 14.5 Å². The SMILES string of the molecule is c1nc2ccc3s[nH]nc3c2n1. The van der Waals surface area contributed by atoms with Crippen LogP contribution in [0, 0.1) is 0 Å². The average Bonchev–Trinajstić information content (AvgIpc) is 2.71. The Morgan fingerprint density at radius 3 is 3.17 bits per heavy atom. The zero-order valence-electron chi connectivity index (χ0n) is 5.98. The second-order valence-electron chi connectivity index (χ2n) is 2.46. The number of nitrogens with zero attached hydrogens (tertiary/aromatic N) is 3. The van der Waals surface area contributed by atoms with Crippen LogP contribution in [0.1, 0.15) is 0 Å². The first-order valence-electron chi connectivity index (χ1n) is 3.48. The van der Waals surface area contributed by atoms with E-state index in [9.17, 15) is 0 Å². The molecule has 58 valence electrons. The van der Waals surface area contributed by atoms with Gasteiger partial charge in [0.25, 0.3) is 0 Å². The van der Waals surface area contributed by atoms with Gasteiger partial charge in [-0.1, -0.05) is 0 Å². The lowest BCUT2D eigenvalue weighted by Gasteiger charge is -1.85. The maximum atomic E-state index is 4.13. The van der Waals surface area contributed by atoms with E-state index in [2.05, 4.69) is 19.6 Å². The minimum Gasteiger partial charge on any atom is -0.235 e. The van der Waals surface area contributed by atoms with Crippen molar-refractivity contribution >= 4 is 32.8 Å². The summed E-state index contributed by atoms with van der Waals surface area (Å²) in [5.74, 6) is 0. The fourth-order valence-corrected chi connectivity index (χ4v) is 1.85. The van der Waals surface area contributed by atoms with Crippen LogP contribution in [-0.2, 0) is 0 Å². The summed E-state index contributed by atoms with van der Waals surface area (Å²) >= 11 is 1.50. The Labute approximate surface area is 71.4 Å². The van der Waals surface area contributed by atoms with E-state index < -0.39 is 0 Å². The predicted octanol–water partition coefficient (Wildman–Crippen LogP) is 1.57. The second kappa shape index (κ2) is 2.01. The number of benzene rings is 1. The lowest BCUT2D eigenvalue weighted by Crippen LogP contribution is -1.72. The smallest absolute Gasteiger partial charge is 0.131 e. The zero-order chi connectivity index (χ0) is 7.97. The number of hydrogen-bond acceptors (Lipinski definition) is 4. The molecule has 2 aromatic heterocycles. The molecule has 12 heavy (non-hydrogen) atoms. The van der Waals surface area contributed by atoms with Crippen molar-refractivity contribution in [3.8, 4) is 0 Å². The first-order valence-corrected chi connectivity index (χ1v) is 4.30. The van der Waals surface area contributed by atoms with Crippen molar-refractivity contribution in [2.75, 3.05) is 0 Å². The highest BCUT2D eigenvalue weighted by Gasteiger charge is 2.04. The van der Waals surface area contributed by atoms with Crippen molar-refractivity contribution in [1.29, 1.82) is 0 Å². The molecule has 0 radical (unpaired) electrons. The second-order valence-corrected chi connectivity index (χ2v) is 3.29. The molecule has 2 heterocycles. The van der Waals surface area contributed by atoms with Crippen LogP contribution in [0.5, 0.6) is 0 Å². The van der Waals surface area contributed by atoms with Gasteiger partial charge in [0.15, 0.2) is 0 Å². The van der Waals surface area contributed by atoms with Crippen LogP contribution in [0.4, 0.5) is 0 Å². The monoisotopic (exact) mass is 176 g/mol. The van der Waals surface area contributed by atoms with Gasteiger partial charge >= 0.3 is 0 Å². The molecule has 4 nitrogen and oxygen atoms in total. The third kappa shape index (κ3) is 0.634. The summed E-state index contributed by atoms with van der Waals surface area (Å²) in [7, 11) is 0. The summed E-state index contributed by atoms with van der Waals surface area (Å²) in [5, 5.41) is 4.11.